The van der Waals surface area contributed by atoms with E-state index in [1.54, 1.807) is 6.07 Å². The van der Waals surface area contributed by atoms with Gasteiger partial charge in [0.1, 0.15) is 12.3 Å². The van der Waals surface area contributed by atoms with E-state index in [9.17, 15) is 13.6 Å². The maximum absolute atomic E-state index is 12.1. The molecule has 1 amide bonds. The number of rotatable bonds is 7. The Bertz CT molecular complexity index is 445. The maximum Gasteiger partial charge on any atom is 0.267 e. The fourth-order valence-electron chi connectivity index (χ4n) is 2.49. The summed E-state index contributed by atoms with van der Waals surface area (Å²) in [5, 5.41) is 5.98. The Kier molecular flexibility index (Phi) is 6.13. The zero-order chi connectivity index (χ0) is 15.1. The number of nitrogens with zero attached hydrogens (tertiary/aromatic N) is 1. The number of aromatic nitrogens is 1. The van der Waals surface area contributed by atoms with Gasteiger partial charge in [-0.2, -0.15) is 0 Å². The molecule has 2 N–H and O–H groups in total. The van der Waals surface area contributed by atoms with Crippen molar-refractivity contribution in [3.8, 4) is 0 Å². The average Bonchev–Trinajstić information content (AvgIpc) is 2.97. The van der Waals surface area contributed by atoms with Gasteiger partial charge in [0.25, 0.3) is 12.3 Å². The van der Waals surface area contributed by atoms with Gasteiger partial charge in [-0.25, -0.2) is 8.78 Å². The van der Waals surface area contributed by atoms with Crippen molar-refractivity contribution in [3.63, 3.8) is 0 Å². The number of alkyl halides is 2. The molecule has 5 nitrogen and oxygen atoms in total. The van der Waals surface area contributed by atoms with E-state index in [4.69, 9.17) is 4.74 Å². The molecule has 0 bridgehead atoms. The summed E-state index contributed by atoms with van der Waals surface area (Å²) in [6, 6.07) is 3.96. The first kappa shape index (κ1) is 15.9. The Morgan fingerprint density at radius 2 is 2.24 bits per heavy atom. The van der Waals surface area contributed by atoms with E-state index in [2.05, 4.69) is 10.6 Å². The minimum absolute atomic E-state index is 0.0874. The van der Waals surface area contributed by atoms with E-state index in [0.717, 1.165) is 25.9 Å². The third kappa shape index (κ3) is 4.78. The zero-order valence-corrected chi connectivity index (χ0v) is 11.9. The van der Waals surface area contributed by atoms with Crippen molar-refractivity contribution >= 4 is 5.91 Å². The Hall–Kier alpha value is -1.47. The first-order valence-corrected chi connectivity index (χ1v) is 7.20. The summed E-state index contributed by atoms with van der Waals surface area (Å²) in [5.74, 6) is -0.195. The van der Waals surface area contributed by atoms with Crippen molar-refractivity contribution in [2.24, 2.45) is 0 Å². The van der Waals surface area contributed by atoms with E-state index in [0.29, 0.717) is 11.7 Å². The number of amides is 1. The molecule has 0 spiro atoms. The fraction of sp³-hybridized carbons (Fsp3) is 0.643. The highest BCUT2D eigenvalue weighted by atomic mass is 19.3. The van der Waals surface area contributed by atoms with Crippen LogP contribution in [-0.4, -0.2) is 49.7 Å². The lowest BCUT2D eigenvalue weighted by atomic mass is 10.1. The summed E-state index contributed by atoms with van der Waals surface area (Å²) in [6.45, 7) is 1.62. The van der Waals surface area contributed by atoms with Crippen LogP contribution in [0.2, 0.25) is 0 Å². The van der Waals surface area contributed by atoms with Gasteiger partial charge < -0.3 is 19.9 Å². The van der Waals surface area contributed by atoms with E-state index < -0.39 is 13.0 Å². The van der Waals surface area contributed by atoms with Crippen LogP contribution in [0.3, 0.4) is 0 Å². The van der Waals surface area contributed by atoms with Crippen LogP contribution in [0.25, 0.3) is 0 Å². The quantitative estimate of drug-likeness (QED) is 0.749. The standard InChI is InChI=1S/C14H21F2N3O2/c15-13(16)10-21-9-7-18-14(20)12-2-1-8-19(12)11-3-5-17-6-4-11/h1-2,8,11,13,17H,3-7,9-10H2,(H,18,20). The van der Waals surface area contributed by atoms with Crippen LogP contribution < -0.4 is 10.6 Å². The lowest BCUT2D eigenvalue weighted by molar-refractivity contribution is 0.0188. The molecule has 0 atom stereocenters. The van der Waals surface area contributed by atoms with Crippen LogP contribution in [0.1, 0.15) is 29.4 Å². The predicted octanol–water partition coefficient (Wildman–Crippen LogP) is 1.42. The fourth-order valence-corrected chi connectivity index (χ4v) is 2.49. The number of nitrogens with one attached hydrogen (secondary N) is 2. The second kappa shape index (κ2) is 8.09. The summed E-state index contributed by atoms with van der Waals surface area (Å²) < 4.78 is 30.5. The third-order valence-electron chi connectivity index (χ3n) is 3.49. The van der Waals surface area contributed by atoms with E-state index in [1.807, 2.05) is 16.8 Å². The first-order valence-electron chi connectivity index (χ1n) is 7.20. The summed E-state index contributed by atoms with van der Waals surface area (Å²) in [4.78, 5) is 12.1. The van der Waals surface area contributed by atoms with Gasteiger partial charge in [0.2, 0.25) is 0 Å². The van der Waals surface area contributed by atoms with Gasteiger partial charge in [0.05, 0.1) is 6.61 Å². The molecule has 0 unspecified atom stereocenters. The number of hydrogen-bond acceptors (Lipinski definition) is 3. The van der Waals surface area contributed by atoms with Gasteiger partial charge in [-0.1, -0.05) is 0 Å². The predicted molar refractivity (Wildman–Crippen MR) is 74.7 cm³/mol. The number of carbonyl (C=O) groups is 1. The van der Waals surface area contributed by atoms with Crippen LogP contribution >= 0.6 is 0 Å². The van der Waals surface area contributed by atoms with Crippen molar-refractivity contribution in [2.75, 3.05) is 32.8 Å². The Morgan fingerprint density at radius 1 is 1.48 bits per heavy atom. The van der Waals surface area contributed by atoms with Crippen LogP contribution in [0.4, 0.5) is 8.78 Å². The molecular weight excluding hydrogens is 280 g/mol. The second-order valence-corrected chi connectivity index (χ2v) is 5.00. The molecule has 1 aromatic heterocycles. The number of hydrogen-bond donors (Lipinski definition) is 2. The largest absolute Gasteiger partial charge is 0.374 e. The van der Waals surface area contributed by atoms with Crippen molar-refractivity contribution in [1.82, 2.24) is 15.2 Å². The molecule has 118 valence electrons. The molecular formula is C14H21F2N3O2. The van der Waals surface area contributed by atoms with Crippen molar-refractivity contribution in [2.45, 2.75) is 25.3 Å². The smallest absolute Gasteiger partial charge is 0.267 e. The third-order valence-corrected chi connectivity index (χ3v) is 3.49. The molecule has 21 heavy (non-hydrogen) atoms. The van der Waals surface area contributed by atoms with Crippen molar-refractivity contribution in [3.05, 3.63) is 24.0 Å². The molecule has 7 heteroatoms. The van der Waals surface area contributed by atoms with Gasteiger partial charge in [-0.05, 0) is 38.1 Å². The number of halogens is 2. The summed E-state index contributed by atoms with van der Waals surface area (Å²) in [5.41, 5.74) is 0.607. The average molecular weight is 301 g/mol. The Morgan fingerprint density at radius 3 is 2.95 bits per heavy atom. The highest BCUT2D eigenvalue weighted by molar-refractivity contribution is 5.92. The Balaban J connectivity index is 1.81. The first-order chi connectivity index (χ1) is 10.2. The molecule has 1 aliphatic heterocycles. The molecule has 0 saturated carbocycles. The summed E-state index contributed by atoms with van der Waals surface area (Å²) in [6.07, 6.45) is 1.43. The van der Waals surface area contributed by atoms with Crippen LogP contribution in [0.5, 0.6) is 0 Å². The van der Waals surface area contributed by atoms with E-state index in [-0.39, 0.29) is 19.1 Å². The maximum atomic E-state index is 12.1. The molecule has 1 aromatic rings. The number of piperidine rings is 1. The zero-order valence-electron chi connectivity index (χ0n) is 11.9. The number of ether oxygens (including phenoxy) is 1. The van der Waals surface area contributed by atoms with E-state index >= 15 is 0 Å². The SMILES string of the molecule is O=C(NCCOCC(F)F)c1cccn1C1CCNCC1. The molecule has 1 saturated heterocycles. The monoisotopic (exact) mass is 301 g/mol. The molecule has 2 rings (SSSR count). The number of carbonyl (C=O) groups excluding carboxylic acids is 1. The highest BCUT2D eigenvalue weighted by Gasteiger charge is 2.19. The van der Waals surface area contributed by atoms with Crippen LogP contribution in [-0.2, 0) is 4.74 Å². The molecule has 1 aliphatic rings. The lowest BCUT2D eigenvalue weighted by Crippen LogP contribution is -2.33. The van der Waals surface area contributed by atoms with Gasteiger partial charge in [0.15, 0.2) is 0 Å². The minimum atomic E-state index is -2.47. The van der Waals surface area contributed by atoms with Gasteiger partial charge in [-0.3, -0.25) is 4.79 Å². The van der Waals surface area contributed by atoms with Gasteiger partial charge >= 0.3 is 0 Å². The highest BCUT2D eigenvalue weighted by Crippen LogP contribution is 2.21. The molecule has 0 aliphatic carbocycles. The second-order valence-electron chi connectivity index (χ2n) is 5.00. The van der Waals surface area contributed by atoms with Gasteiger partial charge in [0, 0.05) is 18.8 Å². The minimum Gasteiger partial charge on any atom is -0.374 e. The summed E-state index contributed by atoms with van der Waals surface area (Å²) in [7, 11) is 0. The Labute approximate surface area is 122 Å². The van der Waals surface area contributed by atoms with E-state index in [1.165, 1.54) is 0 Å². The summed E-state index contributed by atoms with van der Waals surface area (Å²) >= 11 is 0. The van der Waals surface area contributed by atoms with Gasteiger partial charge in [-0.15, -0.1) is 0 Å². The van der Waals surface area contributed by atoms with Crippen LogP contribution in [0.15, 0.2) is 18.3 Å². The van der Waals surface area contributed by atoms with Crippen molar-refractivity contribution in [1.29, 1.82) is 0 Å². The van der Waals surface area contributed by atoms with Crippen molar-refractivity contribution < 1.29 is 18.3 Å². The topological polar surface area (TPSA) is 55.3 Å². The normalized spacial score (nSPS) is 16.3. The molecule has 0 radical (unpaired) electrons. The molecule has 2 heterocycles. The lowest BCUT2D eigenvalue weighted by Gasteiger charge is -2.25. The molecule has 1 fully saturated rings. The molecule has 0 aromatic carbocycles. The van der Waals surface area contributed by atoms with Crippen LogP contribution in [0, 0.1) is 0 Å².